The lowest BCUT2D eigenvalue weighted by Crippen LogP contribution is -2.01. The van der Waals surface area contributed by atoms with Crippen molar-refractivity contribution in [3.8, 4) is 5.75 Å². The van der Waals surface area contributed by atoms with Crippen LogP contribution >= 0.6 is 22.6 Å². The van der Waals surface area contributed by atoms with Crippen molar-refractivity contribution in [1.29, 1.82) is 0 Å². The molecule has 0 fully saturated rings. The minimum absolute atomic E-state index is 0.0365. The second-order valence-electron chi connectivity index (χ2n) is 3.79. The van der Waals surface area contributed by atoms with Crippen molar-refractivity contribution in [1.82, 2.24) is 0 Å². The maximum Gasteiger partial charge on any atom is 0.193 e. The molecule has 0 bridgehead atoms. The topological polar surface area (TPSA) is 26.3 Å². The summed E-state index contributed by atoms with van der Waals surface area (Å²) in [6, 6.07) is 14.8. The van der Waals surface area contributed by atoms with E-state index in [2.05, 4.69) is 22.6 Å². The second-order valence-corrected chi connectivity index (χ2v) is 5.04. The lowest BCUT2D eigenvalue weighted by molar-refractivity contribution is 0.103. The standard InChI is InChI=1S/C15H13IO2/c1-2-18-14-9-5-12(6-10-14)15(17)11-3-7-13(16)8-4-11/h3-10H,2H2,1H3. The van der Waals surface area contributed by atoms with Crippen molar-refractivity contribution in [2.45, 2.75) is 6.92 Å². The van der Waals surface area contributed by atoms with E-state index < -0.39 is 0 Å². The fourth-order valence-corrected chi connectivity index (χ4v) is 2.00. The van der Waals surface area contributed by atoms with Gasteiger partial charge >= 0.3 is 0 Å². The predicted octanol–water partition coefficient (Wildman–Crippen LogP) is 3.92. The van der Waals surface area contributed by atoms with Gasteiger partial charge in [-0.25, -0.2) is 0 Å². The first kappa shape index (κ1) is 13.1. The zero-order valence-electron chi connectivity index (χ0n) is 10.0. The molecule has 92 valence electrons. The lowest BCUT2D eigenvalue weighted by atomic mass is 10.0. The van der Waals surface area contributed by atoms with Gasteiger partial charge in [0, 0.05) is 14.7 Å². The van der Waals surface area contributed by atoms with Gasteiger partial charge < -0.3 is 4.74 Å². The zero-order chi connectivity index (χ0) is 13.0. The predicted molar refractivity (Wildman–Crippen MR) is 80.2 cm³/mol. The molecule has 2 rings (SSSR count). The average Bonchev–Trinajstić information content (AvgIpc) is 2.40. The molecule has 0 radical (unpaired) electrons. The van der Waals surface area contributed by atoms with Crippen molar-refractivity contribution in [2.75, 3.05) is 6.61 Å². The molecule has 0 saturated carbocycles. The van der Waals surface area contributed by atoms with Gasteiger partial charge in [-0.2, -0.15) is 0 Å². The molecule has 18 heavy (non-hydrogen) atoms. The maximum absolute atomic E-state index is 12.2. The molecule has 0 unspecified atom stereocenters. The largest absolute Gasteiger partial charge is 0.494 e. The minimum atomic E-state index is 0.0365. The number of carbonyl (C=O) groups excluding carboxylic acids is 1. The van der Waals surface area contributed by atoms with E-state index in [0.29, 0.717) is 17.7 Å². The van der Waals surface area contributed by atoms with Crippen molar-refractivity contribution < 1.29 is 9.53 Å². The molecule has 2 nitrogen and oxygen atoms in total. The van der Waals surface area contributed by atoms with Gasteiger partial charge in [-0.1, -0.05) is 0 Å². The minimum Gasteiger partial charge on any atom is -0.494 e. The Bertz CT molecular complexity index is 529. The van der Waals surface area contributed by atoms with Crippen LogP contribution in [-0.2, 0) is 0 Å². The van der Waals surface area contributed by atoms with Crippen LogP contribution in [0.25, 0.3) is 0 Å². The summed E-state index contributed by atoms with van der Waals surface area (Å²) in [7, 11) is 0. The maximum atomic E-state index is 12.2. The van der Waals surface area contributed by atoms with Crippen LogP contribution in [0.3, 0.4) is 0 Å². The quantitative estimate of drug-likeness (QED) is 0.616. The van der Waals surface area contributed by atoms with Gasteiger partial charge in [0.1, 0.15) is 5.75 Å². The molecule has 3 heteroatoms. The summed E-state index contributed by atoms with van der Waals surface area (Å²) in [6.07, 6.45) is 0. The molecule has 2 aromatic carbocycles. The Kier molecular flexibility index (Phi) is 4.36. The number of hydrogen-bond acceptors (Lipinski definition) is 2. The molecule has 0 atom stereocenters. The van der Waals surface area contributed by atoms with E-state index in [-0.39, 0.29) is 5.78 Å². The Hall–Kier alpha value is -1.36. The third kappa shape index (κ3) is 3.10. The third-order valence-corrected chi connectivity index (χ3v) is 3.25. The third-order valence-electron chi connectivity index (χ3n) is 2.53. The molecule has 0 N–H and O–H groups in total. The number of carbonyl (C=O) groups is 1. The van der Waals surface area contributed by atoms with E-state index in [4.69, 9.17) is 4.74 Å². The number of benzene rings is 2. The van der Waals surface area contributed by atoms with Crippen LogP contribution in [0.2, 0.25) is 0 Å². The number of ketones is 1. The Balaban J connectivity index is 2.20. The summed E-state index contributed by atoms with van der Waals surface area (Å²) in [5, 5.41) is 0. The first-order valence-electron chi connectivity index (χ1n) is 5.74. The summed E-state index contributed by atoms with van der Waals surface area (Å²) in [4.78, 5) is 12.2. The fraction of sp³-hybridized carbons (Fsp3) is 0.133. The van der Waals surface area contributed by atoms with Crippen LogP contribution in [0.15, 0.2) is 48.5 Å². The van der Waals surface area contributed by atoms with E-state index in [1.54, 1.807) is 12.1 Å². The van der Waals surface area contributed by atoms with Gasteiger partial charge in [-0.05, 0) is 78.0 Å². The van der Waals surface area contributed by atoms with Crippen LogP contribution < -0.4 is 4.74 Å². The van der Waals surface area contributed by atoms with Gasteiger partial charge in [-0.15, -0.1) is 0 Å². The highest BCUT2D eigenvalue weighted by Gasteiger charge is 2.08. The molecular weight excluding hydrogens is 339 g/mol. The van der Waals surface area contributed by atoms with Gasteiger partial charge in [0.25, 0.3) is 0 Å². The van der Waals surface area contributed by atoms with E-state index >= 15 is 0 Å². The Labute approximate surface area is 120 Å². The molecule has 0 spiro atoms. The smallest absolute Gasteiger partial charge is 0.193 e. The van der Waals surface area contributed by atoms with Crippen LogP contribution in [0.1, 0.15) is 22.8 Å². The highest BCUT2D eigenvalue weighted by atomic mass is 127. The summed E-state index contributed by atoms with van der Waals surface area (Å²) in [5.41, 5.74) is 1.39. The Morgan fingerprint density at radius 3 is 2.00 bits per heavy atom. The average molecular weight is 352 g/mol. The van der Waals surface area contributed by atoms with Crippen molar-refractivity contribution >= 4 is 28.4 Å². The number of ether oxygens (including phenoxy) is 1. The van der Waals surface area contributed by atoms with Gasteiger partial charge in [0.15, 0.2) is 5.78 Å². The summed E-state index contributed by atoms with van der Waals surface area (Å²) >= 11 is 2.22. The van der Waals surface area contributed by atoms with Gasteiger partial charge in [0.2, 0.25) is 0 Å². The Morgan fingerprint density at radius 2 is 1.50 bits per heavy atom. The molecule has 2 aromatic rings. The lowest BCUT2D eigenvalue weighted by Gasteiger charge is -2.04. The molecule has 0 aliphatic heterocycles. The van der Waals surface area contributed by atoms with Gasteiger partial charge in [-0.3, -0.25) is 4.79 Å². The van der Waals surface area contributed by atoms with E-state index in [9.17, 15) is 4.79 Å². The fourth-order valence-electron chi connectivity index (χ4n) is 1.64. The molecule has 0 aliphatic carbocycles. The van der Waals surface area contributed by atoms with Crippen LogP contribution in [0.5, 0.6) is 5.75 Å². The monoisotopic (exact) mass is 352 g/mol. The van der Waals surface area contributed by atoms with Crippen LogP contribution in [0.4, 0.5) is 0 Å². The summed E-state index contributed by atoms with van der Waals surface area (Å²) < 4.78 is 6.47. The SMILES string of the molecule is CCOc1ccc(C(=O)c2ccc(I)cc2)cc1. The normalized spacial score (nSPS) is 10.1. The zero-order valence-corrected chi connectivity index (χ0v) is 12.2. The van der Waals surface area contributed by atoms with Crippen LogP contribution in [0, 0.1) is 3.57 Å². The Morgan fingerprint density at radius 1 is 1.00 bits per heavy atom. The number of halogens is 1. The summed E-state index contributed by atoms with van der Waals surface area (Å²) in [6.45, 7) is 2.56. The van der Waals surface area contributed by atoms with E-state index in [1.807, 2.05) is 43.3 Å². The molecular formula is C15H13IO2. The molecule has 0 amide bonds. The van der Waals surface area contributed by atoms with Crippen molar-refractivity contribution in [2.24, 2.45) is 0 Å². The van der Waals surface area contributed by atoms with Crippen molar-refractivity contribution in [3.63, 3.8) is 0 Å². The van der Waals surface area contributed by atoms with Gasteiger partial charge in [0.05, 0.1) is 6.61 Å². The molecule has 0 saturated heterocycles. The molecule has 0 aliphatic rings. The van der Waals surface area contributed by atoms with E-state index in [0.717, 1.165) is 9.32 Å². The molecule has 0 aromatic heterocycles. The van der Waals surface area contributed by atoms with Crippen LogP contribution in [-0.4, -0.2) is 12.4 Å². The second kappa shape index (κ2) is 6.00. The highest BCUT2D eigenvalue weighted by molar-refractivity contribution is 14.1. The van der Waals surface area contributed by atoms with E-state index in [1.165, 1.54) is 0 Å². The highest BCUT2D eigenvalue weighted by Crippen LogP contribution is 2.16. The molecule has 0 heterocycles. The number of hydrogen-bond donors (Lipinski definition) is 0. The summed E-state index contributed by atoms with van der Waals surface area (Å²) in [5.74, 6) is 0.825. The van der Waals surface area contributed by atoms with Crippen molar-refractivity contribution in [3.05, 3.63) is 63.2 Å². The first-order valence-corrected chi connectivity index (χ1v) is 6.81. The number of rotatable bonds is 4. The first-order chi connectivity index (χ1) is 8.70.